The number of carbonyl (C=O) groups is 1. The zero-order chi connectivity index (χ0) is 11.5. The van der Waals surface area contributed by atoms with Crippen LogP contribution in [-0.2, 0) is 19.4 Å². The van der Waals surface area contributed by atoms with Gasteiger partial charge in [-0.25, -0.2) is 8.42 Å². The SMILES string of the molecule is CCOC(=O)C1(S(C)(=O)=O)CCNCC1. The summed E-state index contributed by atoms with van der Waals surface area (Å²) >= 11 is 0. The van der Waals surface area contributed by atoms with Crippen molar-refractivity contribution in [3.8, 4) is 0 Å². The van der Waals surface area contributed by atoms with Crippen molar-refractivity contribution in [2.45, 2.75) is 24.5 Å². The number of sulfone groups is 1. The number of carbonyl (C=O) groups excluding carboxylic acids is 1. The lowest BCUT2D eigenvalue weighted by Crippen LogP contribution is -2.53. The van der Waals surface area contributed by atoms with Gasteiger partial charge in [-0.3, -0.25) is 4.79 Å². The molecule has 0 radical (unpaired) electrons. The molecular formula is C9H17NO4S. The summed E-state index contributed by atoms with van der Waals surface area (Å²) in [5.74, 6) is -0.603. The molecule has 1 N–H and O–H groups in total. The highest BCUT2D eigenvalue weighted by Crippen LogP contribution is 2.29. The molecule has 0 atom stereocenters. The van der Waals surface area contributed by atoms with Gasteiger partial charge in [-0.05, 0) is 32.9 Å². The van der Waals surface area contributed by atoms with Gasteiger partial charge in [0.05, 0.1) is 6.61 Å². The molecule has 5 nitrogen and oxygen atoms in total. The molecule has 0 aromatic heterocycles. The van der Waals surface area contributed by atoms with Crippen LogP contribution in [0.4, 0.5) is 0 Å². The second-order valence-corrected chi connectivity index (χ2v) is 6.06. The summed E-state index contributed by atoms with van der Waals surface area (Å²) in [4.78, 5) is 11.7. The highest BCUT2D eigenvalue weighted by molar-refractivity contribution is 7.92. The van der Waals surface area contributed by atoms with Gasteiger partial charge in [0, 0.05) is 6.26 Å². The van der Waals surface area contributed by atoms with Gasteiger partial charge >= 0.3 is 5.97 Å². The van der Waals surface area contributed by atoms with Crippen molar-refractivity contribution in [2.75, 3.05) is 26.0 Å². The van der Waals surface area contributed by atoms with Crippen LogP contribution in [0.2, 0.25) is 0 Å². The van der Waals surface area contributed by atoms with Crippen molar-refractivity contribution in [1.82, 2.24) is 5.32 Å². The maximum Gasteiger partial charge on any atom is 0.327 e. The Balaban J connectivity index is 3.01. The number of ether oxygens (including phenoxy) is 1. The zero-order valence-electron chi connectivity index (χ0n) is 9.08. The molecule has 1 aliphatic rings. The first-order valence-corrected chi connectivity index (χ1v) is 6.91. The molecule has 0 aliphatic carbocycles. The number of hydrogen-bond acceptors (Lipinski definition) is 5. The third-order valence-corrected chi connectivity index (χ3v) is 4.76. The van der Waals surface area contributed by atoms with E-state index in [0.29, 0.717) is 25.9 Å². The summed E-state index contributed by atoms with van der Waals surface area (Å²) in [6.45, 7) is 2.95. The quantitative estimate of drug-likeness (QED) is 0.681. The average Bonchev–Trinajstić information content (AvgIpc) is 2.17. The summed E-state index contributed by atoms with van der Waals surface area (Å²) < 4.78 is 26.9. The molecule has 6 heteroatoms. The predicted octanol–water partition coefficient (Wildman–Crippen LogP) is -0.284. The van der Waals surface area contributed by atoms with Gasteiger partial charge in [0.15, 0.2) is 14.6 Å². The fourth-order valence-electron chi connectivity index (χ4n) is 1.82. The van der Waals surface area contributed by atoms with Gasteiger partial charge in [-0.1, -0.05) is 0 Å². The Hall–Kier alpha value is -0.620. The highest BCUT2D eigenvalue weighted by Gasteiger charge is 2.49. The topological polar surface area (TPSA) is 72.5 Å². The molecular weight excluding hydrogens is 218 g/mol. The molecule has 0 unspecified atom stereocenters. The van der Waals surface area contributed by atoms with E-state index in [9.17, 15) is 13.2 Å². The van der Waals surface area contributed by atoms with Gasteiger partial charge in [0.2, 0.25) is 0 Å². The Morgan fingerprint density at radius 1 is 1.40 bits per heavy atom. The summed E-state index contributed by atoms with van der Waals surface area (Å²) in [6.07, 6.45) is 1.70. The Kier molecular flexibility index (Phi) is 3.72. The Morgan fingerprint density at radius 3 is 2.33 bits per heavy atom. The van der Waals surface area contributed by atoms with Crippen LogP contribution in [0.15, 0.2) is 0 Å². The van der Waals surface area contributed by atoms with E-state index in [1.165, 1.54) is 0 Å². The van der Waals surface area contributed by atoms with Crippen LogP contribution in [0.3, 0.4) is 0 Å². The molecule has 0 aromatic rings. The predicted molar refractivity (Wildman–Crippen MR) is 56.3 cm³/mol. The molecule has 0 saturated carbocycles. The van der Waals surface area contributed by atoms with Crippen molar-refractivity contribution in [3.63, 3.8) is 0 Å². The van der Waals surface area contributed by atoms with Gasteiger partial charge < -0.3 is 10.1 Å². The van der Waals surface area contributed by atoms with Crippen molar-refractivity contribution >= 4 is 15.8 Å². The molecule has 88 valence electrons. The van der Waals surface area contributed by atoms with Crippen LogP contribution in [0, 0.1) is 0 Å². The van der Waals surface area contributed by atoms with E-state index in [1.807, 2.05) is 0 Å². The van der Waals surface area contributed by atoms with Crippen LogP contribution in [-0.4, -0.2) is 45.1 Å². The molecule has 1 rings (SSSR count). The normalized spacial score (nSPS) is 20.9. The second kappa shape index (κ2) is 4.49. The summed E-state index contributed by atoms with van der Waals surface area (Å²) in [7, 11) is -3.42. The Labute approximate surface area is 90.1 Å². The average molecular weight is 235 g/mol. The second-order valence-electron chi connectivity index (χ2n) is 3.74. The van der Waals surface area contributed by atoms with E-state index >= 15 is 0 Å². The van der Waals surface area contributed by atoms with Crippen molar-refractivity contribution in [1.29, 1.82) is 0 Å². The van der Waals surface area contributed by atoms with E-state index in [1.54, 1.807) is 6.92 Å². The number of rotatable bonds is 3. The third-order valence-electron chi connectivity index (χ3n) is 2.77. The van der Waals surface area contributed by atoms with Crippen LogP contribution in [0.25, 0.3) is 0 Å². The van der Waals surface area contributed by atoms with Crippen molar-refractivity contribution < 1.29 is 17.9 Å². The van der Waals surface area contributed by atoms with E-state index < -0.39 is 20.6 Å². The molecule has 1 saturated heterocycles. The van der Waals surface area contributed by atoms with E-state index in [0.717, 1.165) is 6.26 Å². The minimum atomic E-state index is -3.42. The first-order valence-electron chi connectivity index (χ1n) is 5.01. The first kappa shape index (κ1) is 12.4. The molecule has 1 heterocycles. The van der Waals surface area contributed by atoms with Crippen LogP contribution in [0.5, 0.6) is 0 Å². The van der Waals surface area contributed by atoms with Gasteiger partial charge in [-0.15, -0.1) is 0 Å². The van der Waals surface area contributed by atoms with Crippen LogP contribution in [0.1, 0.15) is 19.8 Å². The van der Waals surface area contributed by atoms with E-state index in [2.05, 4.69) is 5.32 Å². The Morgan fingerprint density at radius 2 is 1.93 bits per heavy atom. The summed E-state index contributed by atoms with van der Waals surface area (Å²) in [5.41, 5.74) is 0. The lowest BCUT2D eigenvalue weighted by Gasteiger charge is -2.33. The standard InChI is InChI=1S/C9H17NO4S/c1-3-14-8(11)9(15(2,12)13)4-6-10-7-5-9/h10H,3-7H2,1-2H3. The maximum atomic E-state index is 11.7. The van der Waals surface area contributed by atoms with Crippen molar-refractivity contribution in [3.05, 3.63) is 0 Å². The molecule has 0 spiro atoms. The fourth-order valence-corrected chi connectivity index (χ4v) is 3.13. The minimum absolute atomic E-state index is 0.212. The molecule has 1 fully saturated rings. The molecule has 0 aromatic carbocycles. The number of nitrogens with one attached hydrogen (secondary N) is 1. The van der Waals surface area contributed by atoms with E-state index in [4.69, 9.17) is 4.74 Å². The molecule has 0 amide bonds. The fraction of sp³-hybridized carbons (Fsp3) is 0.889. The lowest BCUT2D eigenvalue weighted by atomic mass is 9.97. The molecule has 15 heavy (non-hydrogen) atoms. The van der Waals surface area contributed by atoms with Gasteiger partial charge in [0.25, 0.3) is 0 Å². The third kappa shape index (κ3) is 2.31. The van der Waals surface area contributed by atoms with Gasteiger partial charge in [0.1, 0.15) is 0 Å². The van der Waals surface area contributed by atoms with Crippen LogP contribution < -0.4 is 5.32 Å². The smallest absolute Gasteiger partial charge is 0.327 e. The molecule has 0 bridgehead atoms. The minimum Gasteiger partial charge on any atom is -0.465 e. The zero-order valence-corrected chi connectivity index (χ0v) is 9.89. The largest absolute Gasteiger partial charge is 0.465 e. The lowest BCUT2D eigenvalue weighted by molar-refractivity contribution is -0.147. The maximum absolute atomic E-state index is 11.7. The Bertz CT molecular complexity index is 330. The first-order chi connectivity index (χ1) is 6.94. The van der Waals surface area contributed by atoms with Crippen molar-refractivity contribution in [2.24, 2.45) is 0 Å². The summed E-state index contributed by atoms with van der Waals surface area (Å²) in [5, 5.41) is 3.04. The van der Waals surface area contributed by atoms with E-state index in [-0.39, 0.29) is 6.61 Å². The number of hydrogen-bond donors (Lipinski definition) is 1. The van der Waals surface area contributed by atoms with Crippen LogP contribution >= 0.6 is 0 Å². The van der Waals surface area contributed by atoms with Gasteiger partial charge in [-0.2, -0.15) is 0 Å². The highest BCUT2D eigenvalue weighted by atomic mass is 32.2. The monoisotopic (exact) mass is 235 g/mol. The number of esters is 1. The number of piperidine rings is 1. The molecule has 1 aliphatic heterocycles. The summed E-state index contributed by atoms with van der Waals surface area (Å²) in [6, 6.07) is 0.